The first-order chi connectivity index (χ1) is 15.9. The number of thiophene rings is 1. The number of hydrogen-bond donors (Lipinski definition) is 1. The number of halogens is 1. The molecule has 7 heteroatoms. The van der Waals surface area contributed by atoms with Crippen LogP contribution in [0.4, 0.5) is 5.82 Å². The van der Waals surface area contributed by atoms with E-state index in [4.69, 9.17) is 23.8 Å². The molecule has 5 aromatic rings. The summed E-state index contributed by atoms with van der Waals surface area (Å²) in [6.07, 6.45) is 5.87. The van der Waals surface area contributed by atoms with Crippen molar-refractivity contribution in [2.45, 2.75) is 6.92 Å². The predicted octanol–water partition coefficient (Wildman–Crippen LogP) is 5.64. The number of pyridine rings is 1. The lowest BCUT2D eigenvalue weighted by molar-refractivity contribution is 1.14. The van der Waals surface area contributed by atoms with Gasteiger partial charge in [-0.25, -0.2) is 0 Å². The maximum atomic E-state index is 13.2. The SMILES string of the molecule is C#Cc1c(-c2ccc(C)cc2)c(C#N)c2nc(=O)c3c(-c4ccc(Cl)cc4)csc3n2c1N. The lowest BCUT2D eigenvalue weighted by Gasteiger charge is -2.16. The lowest BCUT2D eigenvalue weighted by atomic mass is 9.95. The number of nitrogens with zero attached hydrogens (tertiary/aromatic N) is 3. The van der Waals surface area contributed by atoms with Crippen LogP contribution in [0, 0.1) is 30.6 Å². The van der Waals surface area contributed by atoms with E-state index >= 15 is 0 Å². The third kappa shape index (κ3) is 3.16. The summed E-state index contributed by atoms with van der Waals surface area (Å²) < 4.78 is 1.62. The van der Waals surface area contributed by atoms with Crippen LogP contribution >= 0.6 is 22.9 Å². The number of terminal acetylenes is 1. The highest BCUT2D eigenvalue weighted by molar-refractivity contribution is 7.17. The van der Waals surface area contributed by atoms with Crippen molar-refractivity contribution >= 4 is 44.6 Å². The molecule has 5 nitrogen and oxygen atoms in total. The number of nitrogens with two attached hydrogens (primary N) is 1. The highest BCUT2D eigenvalue weighted by atomic mass is 35.5. The number of hydrogen-bond acceptors (Lipinski definition) is 5. The molecule has 0 unspecified atom stereocenters. The summed E-state index contributed by atoms with van der Waals surface area (Å²) in [5.41, 5.74) is 10.8. The Morgan fingerprint density at radius 1 is 1.09 bits per heavy atom. The zero-order chi connectivity index (χ0) is 23.3. The number of fused-ring (bicyclic) bond motifs is 3. The van der Waals surface area contributed by atoms with Gasteiger partial charge in [0, 0.05) is 21.5 Å². The molecule has 33 heavy (non-hydrogen) atoms. The summed E-state index contributed by atoms with van der Waals surface area (Å²) >= 11 is 7.37. The Morgan fingerprint density at radius 2 is 1.76 bits per heavy atom. The fourth-order valence-corrected chi connectivity index (χ4v) is 5.20. The minimum Gasteiger partial charge on any atom is -0.384 e. The second kappa shape index (κ2) is 7.79. The molecule has 0 spiro atoms. The molecule has 0 saturated carbocycles. The maximum Gasteiger partial charge on any atom is 0.282 e. The van der Waals surface area contributed by atoms with Gasteiger partial charge in [-0.05, 0) is 30.2 Å². The molecule has 0 aliphatic rings. The largest absolute Gasteiger partial charge is 0.384 e. The van der Waals surface area contributed by atoms with Crippen molar-refractivity contribution in [2.75, 3.05) is 5.73 Å². The van der Waals surface area contributed by atoms with E-state index in [2.05, 4.69) is 17.0 Å². The van der Waals surface area contributed by atoms with Gasteiger partial charge in [-0.2, -0.15) is 10.2 Å². The number of anilines is 1. The lowest BCUT2D eigenvalue weighted by Crippen LogP contribution is -2.15. The van der Waals surface area contributed by atoms with Crippen LogP contribution in [0.15, 0.2) is 58.7 Å². The summed E-state index contributed by atoms with van der Waals surface area (Å²) in [5.74, 6) is 2.91. The van der Waals surface area contributed by atoms with Gasteiger partial charge >= 0.3 is 0 Å². The molecule has 3 heterocycles. The van der Waals surface area contributed by atoms with Crippen molar-refractivity contribution < 1.29 is 0 Å². The molecule has 0 saturated heterocycles. The molecule has 0 bridgehead atoms. The quantitative estimate of drug-likeness (QED) is 0.341. The van der Waals surface area contributed by atoms with Crippen LogP contribution < -0.4 is 11.3 Å². The Bertz CT molecular complexity index is 1720. The second-order valence-electron chi connectivity index (χ2n) is 7.54. The van der Waals surface area contributed by atoms with Gasteiger partial charge in [-0.3, -0.25) is 9.20 Å². The van der Waals surface area contributed by atoms with Crippen molar-refractivity contribution in [3.8, 4) is 40.7 Å². The van der Waals surface area contributed by atoms with Crippen LogP contribution in [0.5, 0.6) is 0 Å². The Balaban J connectivity index is 1.93. The van der Waals surface area contributed by atoms with Crippen molar-refractivity contribution in [1.82, 2.24) is 9.38 Å². The zero-order valence-corrected chi connectivity index (χ0v) is 19.0. The molecule has 0 aliphatic heterocycles. The first-order valence-corrected chi connectivity index (χ1v) is 11.2. The number of rotatable bonds is 2. The van der Waals surface area contributed by atoms with Crippen LogP contribution in [-0.2, 0) is 0 Å². The van der Waals surface area contributed by atoms with E-state index in [9.17, 15) is 10.1 Å². The van der Waals surface area contributed by atoms with Gasteiger partial charge in [-0.1, -0.05) is 59.5 Å². The zero-order valence-electron chi connectivity index (χ0n) is 17.4. The summed E-state index contributed by atoms with van der Waals surface area (Å²) in [6.45, 7) is 1.97. The summed E-state index contributed by atoms with van der Waals surface area (Å²) in [4.78, 5) is 18.1. The molecule has 0 atom stereocenters. The van der Waals surface area contributed by atoms with Crippen LogP contribution in [0.25, 0.3) is 38.1 Å². The van der Waals surface area contributed by atoms with E-state index in [0.717, 1.165) is 22.3 Å². The van der Waals surface area contributed by atoms with Gasteiger partial charge in [0.05, 0.1) is 10.9 Å². The monoisotopic (exact) mass is 466 g/mol. The Labute approximate surface area is 198 Å². The van der Waals surface area contributed by atoms with Crippen molar-refractivity contribution in [1.29, 1.82) is 5.26 Å². The van der Waals surface area contributed by atoms with Gasteiger partial charge in [0.15, 0.2) is 5.65 Å². The van der Waals surface area contributed by atoms with E-state index in [1.807, 2.05) is 48.7 Å². The Hall–Kier alpha value is -4.10. The second-order valence-corrected chi connectivity index (χ2v) is 8.84. The third-order valence-corrected chi connectivity index (χ3v) is 6.80. The molecular weight excluding hydrogens is 452 g/mol. The van der Waals surface area contributed by atoms with Gasteiger partial charge in [-0.15, -0.1) is 17.8 Å². The van der Waals surface area contributed by atoms with E-state index in [-0.39, 0.29) is 17.0 Å². The smallest absolute Gasteiger partial charge is 0.282 e. The fourth-order valence-electron chi connectivity index (χ4n) is 3.99. The normalized spacial score (nSPS) is 10.9. The molecule has 2 aromatic carbocycles. The fraction of sp³-hybridized carbons (Fsp3) is 0.0385. The average Bonchev–Trinajstić information content (AvgIpc) is 3.25. The van der Waals surface area contributed by atoms with E-state index in [0.29, 0.717) is 26.4 Å². The average molecular weight is 467 g/mol. The number of aromatic nitrogens is 2. The van der Waals surface area contributed by atoms with Crippen molar-refractivity contribution in [3.05, 3.63) is 86.0 Å². The van der Waals surface area contributed by atoms with E-state index in [1.54, 1.807) is 16.5 Å². The van der Waals surface area contributed by atoms with E-state index < -0.39 is 5.56 Å². The van der Waals surface area contributed by atoms with E-state index in [1.165, 1.54) is 11.3 Å². The van der Waals surface area contributed by atoms with Crippen LogP contribution in [0.1, 0.15) is 16.7 Å². The molecule has 0 radical (unpaired) electrons. The molecule has 5 rings (SSSR count). The van der Waals surface area contributed by atoms with Gasteiger partial charge in [0.25, 0.3) is 5.56 Å². The predicted molar refractivity (Wildman–Crippen MR) is 135 cm³/mol. The molecule has 158 valence electrons. The first kappa shape index (κ1) is 20.8. The molecule has 2 N–H and O–H groups in total. The standard InChI is InChI=1S/C26H15ClN4OS/c1-3-18-21(16-6-4-14(2)5-7-16)19(12-28)24-30-25(32)22-20(15-8-10-17(27)11-9-15)13-33-26(22)31(24)23(18)29/h1,4-11,13H,29H2,2H3. The van der Waals surface area contributed by atoms with Gasteiger partial charge < -0.3 is 5.73 Å². The Morgan fingerprint density at radius 3 is 2.39 bits per heavy atom. The van der Waals surface area contributed by atoms with Crippen molar-refractivity contribution in [2.24, 2.45) is 0 Å². The molecule has 3 aromatic heterocycles. The summed E-state index contributed by atoms with van der Waals surface area (Å²) in [5, 5.41) is 13.0. The number of nitriles is 1. The molecular formula is C26H15ClN4OS. The van der Waals surface area contributed by atoms with Crippen LogP contribution in [0.2, 0.25) is 5.02 Å². The van der Waals surface area contributed by atoms with Gasteiger partial charge in [0.2, 0.25) is 0 Å². The Kier molecular flexibility index (Phi) is 4.91. The molecule has 0 aliphatic carbocycles. The van der Waals surface area contributed by atoms with Gasteiger partial charge in [0.1, 0.15) is 22.3 Å². The highest BCUT2D eigenvalue weighted by Gasteiger charge is 2.23. The molecule has 0 fully saturated rings. The third-order valence-electron chi connectivity index (χ3n) is 5.58. The number of aryl methyl sites for hydroxylation is 1. The maximum absolute atomic E-state index is 13.2. The number of nitrogen functional groups attached to an aromatic ring is 1. The highest BCUT2D eigenvalue weighted by Crippen LogP contribution is 2.38. The first-order valence-electron chi connectivity index (χ1n) is 9.93. The summed E-state index contributed by atoms with van der Waals surface area (Å²) in [6, 6.07) is 17.0. The van der Waals surface area contributed by atoms with Crippen LogP contribution in [0.3, 0.4) is 0 Å². The topological polar surface area (TPSA) is 84.2 Å². The van der Waals surface area contributed by atoms with Crippen LogP contribution in [-0.4, -0.2) is 9.38 Å². The number of benzene rings is 2. The minimum atomic E-state index is -0.435. The molecule has 0 amide bonds. The summed E-state index contributed by atoms with van der Waals surface area (Å²) in [7, 11) is 0. The van der Waals surface area contributed by atoms with Crippen molar-refractivity contribution in [3.63, 3.8) is 0 Å². The minimum absolute atomic E-state index is 0.187.